The monoisotopic (exact) mass is 236 g/mol. The molecule has 1 aromatic heterocycles. The molecule has 2 fully saturated rings. The van der Waals surface area contributed by atoms with Gasteiger partial charge in [0.1, 0.15) is 0 Å². The fourth-order valence-corrected chi connectivity index (χ4v) is 2.78. The SMILES string of the molecule is CC1CCCNC1c1nc(N2CCCC2)no1. The second kappa shape index (κ2) is 4.64. The van der Waals surface area contributed by atoms with E-state index >= 15 is 0 Å². The predicted octanol–water partition coefficient (Wildman–Crippen LogP) is 1.73. The van der Waals surface area contributed by atoms with E-state index < -0.39 is 0 Å². The van der Waals surface area contributed by atoms with Crippen molar-refractivity contribution in [2.24, 2.45) is 5.92 Å². The zero-order valence-corrected chi connectivity index (χ0v) is 10.4. The Kier molecular flexibility index (Phi) is 3.01. The van der Waals surface area contributed by atoms with Gasteiger partial charge >= 0.3 is 0 Å². The lowest BCUT2D eigenvalue weighted by molar-refractivity contribution is 0.239. The largest absolute Gasteiger partial charge is 0.338 e. The molecule has 0 spiro atoms. The van der Waals surface area contributed by atoms with Gasteiger partial charge in [-0.05, 0) is 43.3 Å². The molecule has 2 atom stereocenters. The summed E-state index contributed by atoms with van der Waals surface area (Å²) in [5.41, 5.74) is 0. The number of piperidine rings is 1. The highest BCUT2D eigenvalue weighted by molar-refractivity contribution is 5.29. The van der Waals surface area contributed by atoms with Crippen LogP contribution < -0.4 is 10.2 Å². The number of nitrogens with one attached hydrogen (secondary N) is 1. The first kappa shape index (κ1) is 11.0. The van der Waals surface area contributed by atoms with E-state index in [1.54, 1.807) is 0 Å². The van der Waals surface area contributed by atoms with Crippen molar-refractivity contribution in [3.63, 3.8) is 0 Å². The van der Waals surface area contributed by atoms with E-state index in [9.17, 15) is 0 Å². The van der Waals surface area contributed by atoms with Crippen LogP contribution in [0.25, 0.3) is 0 Å². The number of hydrogen-bond donors (Lipinski definition) is 1. The van der Waals surface area contributed by atoms with E-state index in [2.05, 4.69) is 27.3 Å². The molecule has 5 heteroatoms. The van der Waals surface area contributed by atoms with Crippen molar-refractivity contribution in [2.75, 3.05) is 24.5 Å². The van der Waals surface area contributed by atoms with Crippen LogP contribution in [0.5, 0.6) is 0 Å². The maximum Gasteiger partial charge on any atom is 0.266 e. The van der Waals surface area contributed by atoms with Crippen LogP contribution in [0.1, 0.15) is 44.5 Å². The Morgan fingerprint density at radius 1 is 1.29 bits per heavy atom. The first-order valence-electron chi connectivity index (χ1n) is 6.66. The van der Waals surface area contributed by atoms with Crippen molar-refractivity contribution < 1.29 is 4.52 Å². The Bertz CT molecular complexity index is 372. The molecule has 5 nitrogen and oxygen atoms in total. The van der Waals surface area contributed by atoms with Gasteiger partial charge in [-0.3, -0.25) is 0 Å². The molecule has 0 aliphatic carbocycles. The van der Waals surface area contributed by atoms with Gasteiger partial charge in [0.25, 0.3) is 5.95 Å². The van der Waals surface area contributed by atoms with Crippen molar-refractivity contribution in [3.05, 3.63) is 5.89 Å². The number of hydrogen-bond acceptors (Lipinski definition) is 5. The van der Waals surface area contributed by atoms with Crippen molar-refractivity contribution in [1.29, 1.82) is 0 Å². The molecule has 0 radical (unpaired) electrons. The topological polar surface area (TPSA) is 54.2 Å². The Hall–Kier alpha value is -1.10. The van der Waals surface area contributed by atoms with Crippen LogP contribution in [-0.4, -0.2) is 29.8 Å². The third kappa shape index (κ3) is 2.16. The van der Waals surface area contributed by atoms with Crippen LogP contribution in [-0.2, 0) is 0 Å². The smallest absolute Gasteiger partial charge is 0.266 e. The first-order valence-corrected chi connectivity index (χ1v) is 6.66. The van der Waals surface area contributed by atoms with Crippen LogP contribution in [0.15, 0.2) is 4.52 Å². The summed E-state index contributed by atoms with van der Waals surface area (Å²) < 4.78 is 5.42. The first-order chi connectivity index (χ1) is 8.34. The van der Waals surface area contributed by atoms with Gasteiger partial charge in [-0.2, -0.15) is 4.98 Å². The molecule has 1 aromatic rings. The van der Waals surface area contributed by atoms with Crippen molar-refractivity contribution in [2.45, 2.75) is 38.6 Å². The molecule has 0 amide bonds. The molecule has 0 bridgehead atoms. The van der Waals surface area contributed by atoms with E-state index in [4.69, 9.17) is 4.52 Å². The molecule has 3 heterocycles. The molecule has 2 aliphatic rings. The third-order valence-corrected chi connectivity index (χ3v) is 3.86. The minimum atomic E-state index is 0.243. The number of nitrogens with zero attached hydrogens (tertiary/aromatic N) is 3. The molecule has 2 saturated heterocycles. The van der Waals surface area contributed by atoms with Crippen molar-refractivity contribution in [1.82, 2.24) is 15.5 Å². The molecular weight excluding hydrogens is 216 g/mol. The van der Waals surface area contributed by atoms with Gasteiger partial charge in [0.05, 0.1) is 6.04 Å². The molecular formula is C12H20N4O. The van der Waals surface area contributed by atoms with Crippen LogP contribution in [0, 0.1) is 5.92 Å². The minimum Gasteiger partial charge on any atom is -0.338 e. The summed E-state index contributed by atoms with van der Waals surface area (Å²) in [6, 6.07) is 0.243. The summed E-state index contributed by atoms with van der Waals surface area (Å²) in [6.45, 7) is 5.42. The molecule has 2 unspecified atom stereocenters. The zero-order chi connectivity index (χ0) is 11.7. The normalized spacial score (nSPS) is 29.8. The minimum absolute atomic E-state index is 0.243. The summed E-state index contributed by atoms with van der Waals surface area (Å²) in [6.07, 6.45) is 4.95. The van der Waals surface area contributed by atoms with E-state index in [1.165, 1.54) is 25.7 Å². The summed E-state index contributed by atoms with van der Waals surface area (Å²) in [7, 11) is 0. The van der Waals surface area contributed by atoms with E-state index in [0.717, 1.165) is 31.5 Å². The third-order valence-electron chi connectivity index (χ3n) is 3.86. The molecule has 1 N–H and O–H groups in total. The standard InChI is InChI=1S/C12H20N4O/c1-9-5-4-6-13-10(9)11-14-12(15-17-11)16-7-2-3-8-16/h9-10,13H,2-8H2,1H3. The van der Waals surface area contributed by atoms with Gasteiger partial charge < -0.3 is 14.7 Å². The van der Waals surface area contributed by atoms with Crippen LogP contribution in [0.3, 0.4) is 0 Å². The summed E-state index contributed by atoms with van der Waals surface area (Å²) in [5, 5.41) is 7.58. The Balaban J connectivity index is 1.74. The Morgan fingerprint density at radius 3 is 2.88 bits per heavy atom. The van der Waals surface area contributed by atoms with Crippen LogP contribution >= 0.6 is 0 Å². The molecule has 94 valence electrons. The van der Waals surface area contributed by atoms with E-state index in [0.29, 0.717) is 5.92 Å². The molecule has 2 aliphatic heterocycles. The van der Waals surface area contributed by atoms with Crippen LogP contribution in [0.2, 0.25) is 0 Å². The summed E-state index contributed by atoms with van der Waals surface area (Å²) >= 11 is 0. The molecule has 0 saturated carbocycles. The average Bonchev–Trinajstić information content (AvgIpc) is 3.00. The molecule has 3 rings (SSSR count). The lowest BCUT2D eigenvalue weighted by Crippen LogP contribution is -2.33. The fraction of sp³-hybridized carbons (Fsp3) is 0.833. The van der Waals surface area contributed by atoms with Gasteiger partial charge in [0, 0.05) is 13.1 Å². The zero-order valence-electron chi connectivity index (χ0n) is 10.4. The number of anilines is 1. The highest BCUT2D eigenvalue weighted by atomic mass is 16.5. The van der Waals surface area contributed by atoms with Crippen molar-refractivity contribution >= 4 is 5.95 Å². The Morgan fingerprint density at radius 2 is 2.12 bits per heavy atom. The molecule has 0 aromatic carbocycles. The lowest BCUT2D eigenvalue weighted by atomic mass is 9.93. The van der Waals surface area contributed by atoms with Gasteiger partial charge in [-0.25, -0.2) is 0 Å². The van der Waals surface area contributed by atoms with Gasteiger partial charge in [-0.1, -0.05) is 6.92 Å². The van der Waals surface area contributed by atoms with Gasteiger partial charge in [0.2, 0.25) is 5.89 Å². The highest BCUT2D eigenvalue weighted by Crippen LogP contribution is 2.29. The van der Waals surface area contributed by atoms with Crippen LogP contribution in [0.4, 0.5) is 5.95 Å². The summed E-state index contributed by atoms with van der Waals surface area (Å²) in [5.74, 6) is 2.12. The number of rotatable bonds is 2. The fourth-order valence-electron chi connectivity index (χ4n) is 2.78. The lowest BCUT2D eigenvalue weighted by Gasteiger charge is -2.26. The second-order valence-electron chi connectivity index (χ2n) is 5.18. The quantitative estimate of drug-likeness (QED) is 0.847. The summed E-state index contributed by atoms with van der Waals surface area (Å²) in [4.78, 5) is 6.76. The second-order valence-corrected chi connectivity index (χ2v) is 5.18. The Labute approximate surface area is 102 Å². The maximum absolute atomic E-state index is 5.42. The number of aromatic nitrogens is 2. The van der Waals surface area contributed by atoms with Gasteiger partial charge in [-0.15, -0.1) is 0 Å². The van der Waals surface area contributed by atoms with Gasteiger partial charge in [0.15, 0.2) is 0 Å². The maximum atomic E-state index is 5.42. The average molecular weight is 236 g/mol. The highest BCUT2D eigenvalue weighted by Gasteiger charge is 2.28. The van der Waals surface area contributed by atoms with E-state index in [1.807, 2.05) is 0 Å². The van der Waals surface area contributed by atoms with E-state index in [-0.39, 0.29) is 6.04 Å². The predicted molar refractivity (Wildman–Crippen MR) is 64.9 cm³/mol. The molecule has 17 heavy (non-hydrogen) atoms. The van der Waals surface area contributed by atoms with Crippen molar-refractivity contribution in [3.8, 4) is 0 Å².